The molecule has 0 spiro atoms. The fraction of sp³-hybridized carbons (Fsp3) is 0.364. The van der Waals surface area contributed by atoms with Gasteiger partial charge in [0.2, 0.25) is 6.29 Å². The van der Waals surface area contributed by atoms with Crippen molar-refractivity contribution in [2.24, 2.45) is 0 Å². The Morgan fingerprint density at radius 3 is 3.06 bits per heavy atom. The Balaban J connectivity index is 2.10. The molecule has 0 radical (unpaired) electrons. The summed E-state index contributed by atoms with van der Waals surface area (Å²) in [6.45, 7) is 0.645. The Bertz CT molecular complexity index is 402. The molecule has 1 heterocycles. The zero-order chi connectivity index (χ0) is 11.5. The number of anilines is 1. The number of hydrogen-bond acceptors (Lipinski definition) is 4. The standard InChI is InChI=1S/C11H12BrNO3/c12-7-3-4-9(13)8(6-7)11(14)16-10-2-1-5-15-10/h3-4,6,10H,1-2,5,13H2. The normalized spacial score (nSPS) is 19.7. The smallest absolute Gasteiger partial charge is 0.342 e. The van der Waals surface area contributed by atoms with Gasteiger partial charge in [-0.3, -0.25) is 0 Å². The molecule has 1 aliphatic rings. The number of hydrogen-bond donors (Lipinski definition) is 1. The molecule has 5 heteroatoms. The molecule has 0 bridgehead atoms. The van der Waals surface area contributed by atoms with Gasteiger partial charge >= 0.3 is 5.97 Å². The van der Waals surface area contributed by atoms with Crippen molar-refractivity contribution in [1.82, 2.24) is 0 Å². The molecule has 1 saturated heterocycles. The predicted octanol–water partition coefficient (Wildman–Crippen LogP) is 2.32. The van der Waals surface area contributed by atoms with Gasteiger partial charge in [0.1, 0.15) is 0 Å². The molecule has 2 rings (SSSR count). The molecule has 1 fully saturated rings. The van der Waals surface area contributed by atoms with E-state index in [4.69, 9.17) is 15.2 Å². The highest BCUT2D eigenvalue weighted by molar-refractivity contribution is 9.10. The van der Waals surface area contributed by atoms with Crippen LogP contribution in [0.25, 0.3) is 0 Å². The van der Waals surface area contributed by atoms with E-state index >= 15 is 0 Å². The van der Waals surface area contributed by atoms with Crippen LogP contribution >= 0.6 is 15.9 Å². The van der Waals surface area contributed by atoms with E-state index in [2.05, 4.69) is 15.9 Å². The molecule has 0 saturated carbocycles. The van der Waals surface area contributed by atoms with Crippen molar-refractivity contribution in [3.63, 3.8) is 0 Å². The molecule has 16 heavy (non-hydrogen) atoms. The molecule has 86 valence electrons. The van der Waals surface area contributed by atoms with Gasteiger partial charge in [0.15, 0.2) is 0 Å². The number of carbonyl (C=O) groups excluding carboxylic acids is 1. The highest BCUT2D eigenvalue weighted by Crippen LogP contribution is 2.21. The lowest BCUT2D eigenvalue weighted by Crippen LogP contribution is -2.17. The molecule has 0 amide bonds. The lowest BCUT2D eigenvalue weighted by molar-refractivity contribution is -0.0775. The number of rotatable bonds is 2. The maximum Gasteiger partial charge on any atom is 0.342 e. The SMILES string of the molecule is Nc1ccc(Br)cc1C(=O)OC1CCCO1. The van der Waals surface area contributed by atoms with Crippen molar-refractivity contribution >= 4 is 27.6 Å². The first-order valence-corrected chi connectivity index (χ1v) is 5.84. The molecule has 1 aliphatic heterocycles. The monoisotopic (exact) mass is 285 g/mol. The average molecular weight is 286 g/mol. The Labute approximate surface area is 102 Å². The topological polar surface area (TPSA) is 61.6 Å². The first-order valence-electron chi connectivity index (χ1n) is 5.04. The van der Waals surface area contributed by atoms with Crippen molar-refractivity contribution in [3.8, 4) is 0 Å². The molecule has 0 aliphatic carbocycles. The van der Waals surface area contributed by atoms with Crippen LogP contribution in [0.1, 0.15) is 23.2 Å². The van der Waals surface area contributed by atoms with Gasteiger partial charge in [-0.05, 0) is 24.6 Å². The van der Waals surface area contributed by atoms with E-state index in [-0.39, 0.29) is 0 Å². The van der Waals surface area contributed by atoms with Crippen LogP contribution in [0.2, 0.25) is 0 Å². The summed E-state index contributed by atoms with van der Waals surface area (Å²) in [7, 11) is 0. The van der Waals surface area contributed by atoms with E-state index in [9.17, 15) is 4.79 Å². The number of nitrogens with two attached hydrogens (primary N) is 1. The van der Waals surface area contributed by atoms with Crippen LogP contribution in [-0.2, 0) is 9.47 Å². The van der Waals surface area contributed by atoms with Crippen LogP contribution in [0.15, 0.2) is 22.7 Å². The molecule has 2 N–H and O–H groups in total. The van der Waals surface area contributed by atoms with Crippen molar-refractivity contribution in [3.05, 3.63) is 28.2 Å². The zero-order valence-electron chi connectivity index (χ0n) is 8.61. The highest BCUT2D eigenvalue weighted by atomic mass is 79.9. The maximum absolute atomic E-state index is 11.8. The molecular weight excluding hydrogens is 274 g/mol. The first-order chi connectivity index (χ1) is 7.66. The number of halogens is 1. The van der Waals surface area contributed by atoms with Crippen molar-refractivity contribution < 1.29 is 14.3 Å². The third-order valence-electron chi connectivity index (χ3n) is 2.36. The first kappa shape index (κ1) is 11.4. The number of nitrogen functional groups attached to an aromatic ring is 1. The van der Waals surface area contributed by atoms with Crippen LogP contribution in [0.3, 0.4) is 0 Å². The zero-order valence-corrected chi connectivity index (χ0v) is 10.2. The number of ether oxygens (including phenoxy) is 2. The van der Waals surface area contributed by atoms with Crippen molar-refractivity contribution in [2.45, 2.75) is 19.1 Å². The fourth-order valence-corrected chi connectivity index (χ4v) is 1.89. The van der Waals surface area contributed by atoms with Gasteiger partial charge in [-0.25, -0.2) is 4.79 Å². The fourth-order valence-electron chi connectivity index (χ4n) is 1.53. The molecule has 4 nitrogen and oxygen atoms in total. The summed E-state index contributed by atoms with van der Waals surface area (Å²) < 4.78 is 11.2. The van der Waals surface area contributed by atoms with E-state index in [0.29, 0.717) is 17.9 Å². The Morgan fingerprint density at radius 1 is 1.56 bits per heavy atom. The number of carbonyl (C=O) groups is 1. The quantitative estimate of drug-likeness (QED) is 0.669. The lowest BCUT2D eigenvalue weighted by atomic mass is 10.2. The van der Waals surface area contributed by atoms with Crippen molar-refractivity contribution in [2.75, 3.05) is 12.3 Å². The maximum atomic E-state index is 11.8. The predicted molar refractivity (Wildman–Crippen MR) is 62.9 cm³/mol. The summed E-state index contributed by atoms with van der Waals surface area (Å²) in [5.74, 6) is -0.439. The lowest BCUT2D eigenvalue weighted by Gasteiger charge is -2.12. The molecule has 1 unspecified atom stereocenters. The summed E-state index contributed by atoms with van der Waals surface area (Å²) >= 11 is 3.28. The van der Waals surface area contributed by atoms with Crippen LogP contribution in [-0.4, -0.2) is 18.9 Å². The minimum absolute atomic E-state index is 0.366. The van der Waals surface area contributed by atoms with Crippen LogP contribution in [0, 0.1) is 0 Å². The van der Waals surface area contributed by atoms with Crippen LogP contribution in [0.4, 0.5) is 5.69 Å². The van der Waals surface area contributed by atoms with Crippen molar-refractivity contribution in [1.29, 1.82) is 0 Å². The molecule has 1 aromatic rings. The van der Waals surface area contributed by atoms with E-state index in [0.717, 1.165) is 17.3 Å². The Morgan fingerprint density at radius 2 is 2.38 bits per heavy atom. The second kappa shape index (κ2) is 4.84. The summed E-state index contributed by atoms with van der Waals surface area (Å²) in [6.07, 6.45) is 1.25. The van der Waals surface area contributed by atoms with E-state index in [1.807, 2.05) is 0 Å². The van der Waals surface area contributed by atoms with Gasteiger partial charge < -0.3 is 15.2 Å². The molecule has 0 aromatic heterocycles. The van der Waals surface area contributed by atoms with Gasteiger partial charge in [-0.2, -0.15) is 0 Å². The minimum atomic E-state index is -0.439. The molecule has 1 aromatic carbocycles. The highest BCUT2D eigenvalue weighted by Gasteiger charge is 2.21. The second-order valence-electron chi connectivity index (χ2n) is 3.58. The number of esters is 1. The summed E-state index contributed by atoms with van der Waals surface area (Å²) in [5, 5.41) is 0. The minimum Gasteiger partial charge on any atom is -0.432 e. The van der Waals surface area contributed by atoms with Gasteiger partial charge in [-0.15, -0.1) is 0 Å². The largest absolute Gasteiger partial charge is 0.432 e. The van der Waals surface area contributed by atoms with Gasteiger partial charge in [0, 0.05) is 16.6 Å². The summed E-state index contributed by atoms with van der Waals surface area (Å²) in [6, 6.07) is 5.08. The van der Waals surface area contributed by atoms with Gasteiger partial charge in [-0.1, -0.05) is 15.9 Å². The summed E-state index contributed by atoms with van der Waals surface area (Å²) in [4.78, 5) is 11.8. The van der Waals surface area contributed by atoms with E-state index in [1.165, 1.54) is 0 Å². The Hall–Kier alpha value is -1.07. The average Bonchev–Trinajstić information content (AvgIpc) is 2.74. The number of benzene rings is 1. The molecular formula is C11H12BrNO3. The Kier molecular flexibility index (Phi) is 3.46. The van der Waals surface area contributed by atoms with Gasteiger partial charge in [0.25, 0.3) is 0 Å². The summed E-state index contributed by atoms with van der Waals surface area (Å²) in [5.41, 5.74) is 6.48. The third kappa shape index (κ3) is 2.54. The van der Waals surface area contributed by atoms with Gasteiger partial charge in [0.05, 0.1) is 12.2 Å². The van der Waals surface area contributed by atoms with Crippen LogP contribution < -0.4 is 5.73 Å². The molecule has 1 atom stereocenters. The van der Waals surface area contributed by atoms with E-state index in [1.54, 1.807) is 18.2 Å². The second-order valence-corrected chi connectivity index (χ2v) is 4.50. The van der Waals surface area contributed by atoms with Crippen LogP contribution in [0.5, 0.6) is 0 Å². The third-order valence-corrected chi connectivity index (χ3v) is 2.85. The van der Waals surface area contributed by atoms with E-state index < -0.39 is 12.3 Å².